The van der Waals surface area contributed by atoms with Crippen LogP contribution in [0.2, 0.25) is 0 Å². The molecule has 3 heterocycles. The van der Waals surface area contributed by atoms with E-state index < -0.39 is 11.8 Å². The molecule has 1 amide bonds. The molecule has 2 aromatic rings. The molecule has 10 heteroatoms. The molecule has 0 spiro atoms. The van der Waals surface area contributed by atoms with E-state index in [2.05, 4.69) is 25.8 Å². The molecule has 0 bridgehead atoms. The number of hydrazone groups is 1. The molecule has 1 fully saturated rings. The van der Waals surface area contributed by atoms with Crippen LogP contribution in [0.5, 0.6) is 0 Å². The number of carbonyl (C=O) groups excluding carboxylic acids is 2. The Hall–Kier alpha value is -3.65. The lowest BCUT2D eigenvalue weighted by atomic mass is 10.1. The van der Waals surface area contributed by atoms with Crippen molar-refractivity contribution in [3.63, 3.8) is 0 Å². The summed E-state index contributed by atoms with van der Waals surface area (Å²) in [6, 6.07) is 7.04. The maximum atomic E-state index is 13.8. The van der Waals surface area contributed by atoms with Gasteiger partial charge in [0.15, 0.2) is 17.5 Å². The van der Waals surface area contributed by atoms with Crippen LogP contribution in [0.3, 0.4) is 0 Å². The number of fused-ring (bicyclic) bond motifs is 1. The lowest BCUT2D eigenvalue weighted by molar-refractivity contribution is -0.0102. The summed E-state index contributed by atoms with van der Waals surface area (Å²) in [6.45, 7) is 0.404. The molecule has 0 radical (unpaired) electrons. The number of rotatable bonds is 3. The fraction of sp³-hybridized carbons (Fsp3) is 0.300. The highest BCUT2D eigenvalue weighted by Gasteiger charge is 2.33. The number of hydrogen-bond acceptors (Lipinski definition) is 7. The summed E-state index contributed by atoms with van der Waals surface area (Å²) >= 11 is 0. The summed E-state index contributed by atoms with van der Waals surface area (Å²) in [4.78, 5) is 34.5. The Kier molecular flexibility index (Phi) is 5.24. The van der Waals surface area contributed by atoms with Crippen molar-refractivity contribution in [1.29, 1.82) is 0 Å². The molecule has 1 aromatic carbocycles. The molecule has 0 atom stereocenters. The molecule has 1 saturated heterocycles. The van der Waals surface area contributed by atoms with Gasteiger partial charge in [-0.05, 0) is 24.6 Å². The summed E-state index contributed by atoms with van der Waals surface area (Å²) in [5, 5.41) is 6.39. The zero-order chi connectivity index (χ0) is 21.1. The predicted octanol–water partition coefficient (Wildman–Crippen LogP) is 2.17. The first-order valence-corrected chi connectivity index (χ1v) is 9.42. The highest BCUT2D eigenvalue weighted by atomic mass is 19.3. The second-order valence-corrected chi connectivity index (χ2v) is 7.02. The van der Waals surface area contributed by atoms with Crippen LogP contribution in [0, 0.1) is 0 Å². The predicted molar refractivity (Wildman–Crippen MR) is 107 cm³/mol. The van der Waals surface area contributed by atoms with Gasteiger partial charge < -0.3 is 10.2 Å². The maximum absolute atomic E-state index is 13.8. The smallest absolute Gasteiger partial charge is 0.278 e. The summed E-state index contributed by atoms with van der Waals surface area (Å²) < 4.78 is 27.7. The highest BCUT2D eigenvalue weighted by Crippen LogP contribution is 2.31. The lowest BCUT2D eigenvalue weighted by Gasteiger charge is -2.24. The van der Waals surface area contributed by atoms with Crippen LogP contribution in [0.15, 0.2) is 46.8 Å². The largest absolute Gasteiger partial charge is 0.354 e. The van der Waals surface area contributed by atoms with Gasteiger partial charge in [0.25, 0.3) is 5.91 Å². The number of nitrogens with zero attached hydrogens (tertiary/aromatic N) is 4. The van der Waals surface area contributed by atoms with E-state index >= 15 is 0 Å². The number of amides is 1. The number of hydrogen-bond donors (Lipinski definition) is 2. The van der Waals surface area contributed by atoms with Crippen LogP contribution in [0.1, 0.15) is 29.8 Å². The van der Waals surface area contributed by atoms with E-state index in [4.69, 9.17) is 0 Å². The molecule has 2 N–H and O–H groups in total. The van der Waals surface area contributed by atoms with Crippen LogP contribution in [-0.4, -0.2) is 47.0 Å². The van der Waals surface area contributed by atoms with Crippen molar-refractivity contribution in [3.8, 4) is 0 Å². The van der Waals surface area contributed by atoms with Crippen molar-refractivity contribution in [2.75, 3.05) is 18.0 Å². The zero-order valence-corrected chi connectivity index (χ0v) is 15.9. The first-order valence-electron chi connectivity index (χ1n) is 9.42. The van der Waals surface area contributed by atoms with E-state index in [0.717, 1.165) is 0 Å². The van der Waals surface area contributed by atoms with Gasteiger partial charge >= 0.3 is 0 Å². The van der Waals surface area contributed by atoms with Gasteiger partial charge in [0.2, 0.25) is 5.92 Å². The molecule has 0 aliphatic carbocycles. The van der Waals surface area contributed by atoms with Crippen LogP contribution >= 0.6 is 0 Å². The topological polar surface area (TPSA) is 99.6 Å². The molecular formula is C20H18F2N6O2. The first kappa shape index (κ1) is 19.7. The van der Waals surface area contributed by atoms with Crippen LogP contribution in [0.4, 0.5) is 14.6 Å². The normalized spacial score (nSPS) is 18.3. The molecule has 4 rings (SSSR count). The van der Waals surface area contributed by atoms with E-state index in [-0.39, 0.29) is 48.7 Å². The second kappa shape index (κ2) is 8.00. The molecular weight excluding hydrogens is 394 g/mol. The number of anilines is 1. The fourth-order valence-corrected chi connectivity index (χ4v) is 3.35. The summed E-state index contributed by atoms with van der Waals surface area (Å²) in [5.41, 5.74) is 3.86. The van der Waals surface area contributed by atoms with Gasteiger partial charge in [-0.15, -0.1) is 0 Å². The standard InChI is InChI=1S/C20H18F2N6O2/c21-20(22)6-3-8-28(9-7-20)18-17(25-15-4-1-2-5-16(15)26-18)19(30)24-13-10-14(12-29)27-23-11-13/h1-2,4-5,10-11,27H,3,6-9H2,(H,24,30). The van der Waals surface area contributed by atoms with Crippen LogP contribution in [-0.2, 0) is 4.79 Å². The van der Waals surface area contributed by atoms with Gasteiger partial charge in [0, 0.05) is 25.9 Å². The quantitative estimate of drug-likeness (QED) is 0.750. The molecule has 1 aromatic heterocycles. The number of benzene rings is 1. The third-order valence-electron chi connectivity index (χ3n) is 4.84. The summed E-state index contributed by atoms with van der Waals surface area (Å²) in [5.74, 6) is -1.41. The average molecular weight is 412 g/mol. The Morgan fingerprint density at radius 1 is 1.17 bits per heavy atom. The van der Waals surface area contributed by atoms with Gasteiger partial charge in [-0.1, -0.05) is 12.1 Å². The van der Waals surface area contributed by atoms with Crippen molar-refractivity contribution >= 4 is 34.9 Å². The minimum atomic E-state index is -2.74. The number of allylic oxidation sites excluding steroid dienone is 2. The molecule has 0 unspecified atom stereocenters. The highest BCUT2D eigenvalue weighted by molar-refractivity contribution is 6.02. The first-order chi connectivity index (χ1) is 14.4. The van der Waals surface area contributed by atoms with Gasteiger partial charge in [-0.25, -0.2) is 23.5 Å². The Labute approximate surface area is 170 Å². The van der Waals surface area contributed by atoms with Gasteiger partial charge in [-0.2, -0.15) is 5.10 Å². The SMILES string of the molecule is O=C=C1C=C(NC(=O)c2nc3ccccc3nc2N2CCCC(F)(F)CC2)C=NN1. The Bertz CT molecular complexity index is 1110. The molecule has 154 valence electrons. The van der Waals surface area contributed by atoms with E-state index in [1.54, 1.807) is 35.1 Å². The Morgan fingerprint density at radius 3 is 2.70 bits per heavy atom. The zero-order valence-electron chi connectivity index (χ0n) is 15.9. The third kappa shape index (κ3) is 4.18. The number of halogens is 2. The molecule has 30 heavy (non-hydrogen) atoms. The van der Waals surface area contributed by atoms with E-state index in [9.17, 15) is 18.4 Å². The minimum Gasteiger partial charge on any atom is -0.354 e. The van der Waals surface area contributed by atoms with Gasteiger partial charge in [0.1, 0.15) is 5.70 Å². The minimum absolute atomic E-state index is 0.0170. The number of alkyl halides is 2. The second-order valence-electron chi connectivity index (χ2n) is 7.02. The van der Waals surface area contributed by atoms with E-state index in [0.29, 0.717) is 17.6 Å². The Balaban J connectivity index is 1.71. The number of nitrogens with one attached hydrogen (secondary N) is 2. The van der Waals surface area contributed by atoms with E-state index in [1.807, 2.05) is 0 Å². The van der Waals surface area contributed by atoms with Crippen molar-refractivity contribution < 1.29 is 18.4 Å². The van der Waals surface area contributed by atoms with Crippen molar-refractivity contribution in [2.45, 2.75) is 25.2 Å². The van der Waals surface area contributed by atoms with Crippen molar-refractivity contribution in [2.24, 2.45) is 5.10 Å². The Morgan fingerprint density at radius 2 is 1.93 bits per heavy atom. The third-order valence-corrected chi connectivity index (χ3v) is 4.84. The maximum Gasteiger partial charge on any atom is 0.278 e. The molecule has 0 saturated carbocycles. The van der Waals surface area contributed by atoms with E-state index in [1.165, 1.54) is 12.3 Å². The van der Waals surface area contributed by atoms with Crippen molar-refractivity contribution in [1.82, 2.24) is 20.7 Å². The summed E-state index contributed by atoms with van der Waals surface area (Å²) in [6.07, 6.45) is 2.46. The van der Waals surface area contributed by atoms with Crippen molar-refractivity contribution in [3.05, 3.63) is 47.4 Å². The number of carbonyl (C=O) groups is 1. The lowest BCUT2D eigenvalue weighted by Crippen LogP contribution is -2.33. The molecule has 2 aliphatic rings. The number of para-hydroxylation sites is 2. The van der Waals surface area contributed by atoms with Crippen LogP contribution < -0.4 is 15.6 Å². The number of aromatic nitrogens is 2. The molecule has 2 aliphatic heterocycles. The van der Waals surface area contributed by atoms with Crippen LogP contribution in [0.25, 0.3) is 11.0 Å². The summed E-state index contributed by atoms with van der Waals surface area (Å²) in [7, 11) is 0. The average Bonchev–Trinajstić information content (AvgIpc) is 2.93. The van der Waals surface area contributed by atoms with Gasteiger partial charge in [-0.3, -0.25) is 10.2 Å². The monoisotopic (exact) mass is 412 g/mol. The molecule has 8 nitrogen and oxygen atoms in total. The fourth-order valence-electron chi connectivity index (χ4n) is 3.35. The van der Waals surface area contributed by atoms with Gasteiger partial charge in [0.05, 0.1) is 22.9 Å².